The monoisotopic (exact) mass is 234 g/mol. The molecule has 1 aromatic carbocycles. The number of ether oxygens (including phenoxy) is 1. The highest BCUT2D eigenvalue weighted by Crippen LogP contribution is 2.16. The number of methoxy groups -OCH3 is 1. The van der Waals surface area contributed by atoms with E-state index in [1.165, 1.54) is 0 Å². The van der Waals surface area contributed by atoms with Crippen LogP contribution < -0.4 is 5.32 Å². The topological polar surface area (TPSA) is 47.3 Å². The fraction of sp³-hybridized carbons (Fsp3) is 0.462. The van der Waals surface area contributed by atoms with Crippen LogP contribution in [0.5, 0.6) is 0 Å². The average Bonchev–Trinajstić information content (AvgIpc) is 2.76. The zero-order valence-electron chi connectivity index (χ0n) is 10.3. The standard InChI is InChI=1S/C13H18N2O2/c1-14-10(7-8-16-2)9-13-15-11-5-3-4-6-12(11)17-13/h3-6,10,14H,7-9H2,1-2H3. The molecule has 0 amide bonds. The minimum atomic E-state index is 0.336. The number of benzene rings is 1. The molecule has 1 heterocycles. The lowest BCUT2D eigenvalue weighted by atomic mass is 10.1. The van der Waals surface area contributed by atoms with E-state index in [0.29, 0.717) is 6.04 Å². The van der Waals surface area contributed by atoms with E-state index >= 15 is 0 Å². The van der Waals surface area contributed by atoms with E-state index in [0.717, 1.165) is 36.4 Å². The molecule has 92 valence electrons. The molecule has 1 N–H and O–H groups in total. The van der Waals surface area contributed by atoms with Crippen molar-refractivity contribution in [2.75, 3.05) is 20.8 Å². The number of para-hydroxylation sites is 2. The van der Waals surface area contributed by atoms with E-state index in [9.17, 15) is 0 Å². The van der Waals surface area contributed by atoms with Crippen molar-refractivity contribution in [3.8, 4) is 0 Å². The first-order valence-electron chi connectivity index (χ1n) is 5.84. The maximum Gasteiger partial charge on any atom is 0.197 e. The first-order chi connectivity index (χ1) is 8.33. The van der Waals surface area contributed by atoms with E-state index in [4.69, 9.17) is 9.15 Å². The van der Waals surface area contributed by atoms with Crippen molar-refractivity contribution >= 4 is 11.1 Å². The molecule has 17 heavy (non-hydrogen) atoms. The molecule has 0 spiro atoms. The summed E-state index contributed by atoms with van der Waals surface area (Å²) in [4.78, 5) is 4.46. The molecule has 0 bridgehead atoms. The van der Waals surface area contributed by atoms with Crippen LogP contribution in [-0.4, -0.2) is 31.8 Å². The molecule has 0 radical (unpaired) electrons. The van der Waals surface area contributed by atoms with Crippen molar-refractivity contribution < 1.29 is 9.15 Å². The maximum atomic E-state index is 5.69. The normalized spacial score (nSPS) is 13.1. The van der Waals surface area contributed by atoms with Gasteiger partial charge in [-0.1, -0.05) is 12.1 Å². The van der Waals surface area contributed by atoms with Gasteiger partial charge in [0.05, 0.1) is 0 Å². The Hall–Kier alpha value is -1.39. The van der Waals surface area contributed by atoms with Crippen molar-refractivity contribution in [3.05, 3.63) is 30.2 Å². The number of likely N-dealkylation sites (N-methyl/N-ethyl adjacent to an activating group) is 1. The molecule has 1 unspecified atom stereocenters. The Morgan fingerprint density at radius 3 is 2.94 bits per heavy atom. The molecule has 0 saturated carbocycles. The Bertz CT molecular complexity index is 434. The number of oxazole rings is 1. The highest BCUT2D eigenvalue weighted by atomic mass is 16.5. The molecule has 0 fully saturated rings. The van der Waals surface area contributed by atoms with E-state index in [1.54, 1.807) is 7.11 Å². The van der Waals surface area contributed by atoms with Gasteiger partial charge >= 0.3 is 0 Å². The Morgan fingerprint density at radius 2 is 2.24 bits per heavy atom. The van der Waals surface area contributed by atoms with Crippen LogP contribution in [0.4, 0.5) is 0 Å². The van der Waals surface area contributed by atoms with Crippen molar-refractivity contribution in [2.45, 2.75) is 18.9 Å². The van der Waals surface area contributed by atoms with Crippen LogP contribution in [0.25, 0.3) is 11.1 Å². The summed E-state index contributed by atoms with van der Waals surface area (Å²) in [6, 6.07) is 8.16. The summed E-state index contributed by atoms with van der Waals surface area (Å²) in [5.74, 6) is 0.779. The Kier molecular flexibility index (Phi) is 4.12. The number of rotatable bonds is 6. The second-order valence-corrected chi connectivity index (χ2v) is 4.05. The second kappa shape index (κ2) is 5.80. The maximum absolute atomic E-state index is 5.69. The van der Waals surface area contributed by atoms with Crippen molar-refractivity contribution in [1.29, 1.82) is 0 Å². The third-order valence-electron chi connectivity index (χ3n) is 2.84. The highest BCUT2D eigenvalue weighted by Gasteiger charge is 2.12. The largest absolute Gasteiger partial charge is 0.441 e. The molecule has 1 aromatic heterocycles. The lowest BCUT2D eigenvalue weighted by molar-refractivity contribution is 0.182. The predicted molar refractivity (Wildman–Crippen MR) is 67.1 cm³/mol. The van der Waals surface area contributed by atoms with Crippen LogP contribution in [-0.2, 0) is 11.2 Å². The van der Waals surface area contributed by atoms with Crippen LogP contribution in [0.3, 0.4) is 0 Å². The van der Waals surface area contributed by atoms with Gasteiger partial charge < -0.3 is 14.5 Å². The molecule has 2 aromatic rings. The van der Waals surface area contributed by atoms with Crippen LogP contribution in [0.2, 0.25) is 0 Å². The molecular formula is C13H18N2O2. The van der Waals surface area contributed by atoms with Crippen LogP contribution >= 0.6 is 0 Å². The zero-order chi connectivity index (χ0) is 12.1. The molecule has 0 aliphatic rings. The summed E-state index contributed by atoms with van der Waals surface area (Å²) in [5, 5.41) is 3.25. The summed E-state index contributed by atoms with van der Waals surface area (Å²) >= 11 is 0. The third kappa shape index (κ3) is 3.05. The molecule has 2 rings (SSSR count). The first kappa shape index (κ1) is 12.1. The van der Waals surface area contributed by atoms with Crippen molar-refractivity contribution in [2.24, 2.45) is 0 Å². The van der Waals surface area contributed by atoms with Gasteiger partial charge in [-0.05, 0) is 25.6 Å². The smallest absolute Gasteiger partial charge is 0.197 e. The fourth-order valence-corrected chi connectivity index (χ4v) is 1.83. The number of aromatic nitrogens is 1. The second-order valence-electron chi connectivity index (χ2n) is 4.05. The van der Waals surface area contributed by atoms with Crippen molar-refractivity contribution in [3.63, 3.8) is 0 Å². The van der Waals surface area contributed by atoms with E-state index in [2.05, 4.69) is 10.3 Å². The van der Waals surface area contributed by atoms with Gasteiger partial charge in [0.15, 0.2) is 11.5 Å². The Morgan fingerprint density at radius 1 is 1.41 bits per heavy atom. The fourth-order valence-electron chi connectivity index (χ4n) is 1.83. The predicted octanol–water partition coefficient (Wildman–Crippen LogP) is 1.99. The van der Waals surface area contributed by atoms with Gasteiger partial charge in [-0.2, -0.15) is 0 Å². The lowest BCUT2D eigenvalue weighted by Crippen LogP contribution is -2.28. The Balaban J connectivity index is 2.06. The minimum Gasteiger partial charge on any atom is -0.441 e. The van der Waals surface area contributed by atoms with Crippen LogP contribution in [0.1, 0.15) is 12.3 Å². The number of fused-ring (bicyclic) bond motifs is 1. The molecule has 1 atom stereocenters. The number of nitrogens with one attached hydrogen (secondary N) is 1. The van der Waals surface area contributed by atoms with Crippen LogP contribution in [0.15, 0.2) is 28.7 Å². The molecule has 4 nitrogen and oxygen atoms in total. The number of hydrogen-bond donors (Lipinski definition) is 1. The van der Waals surface area contributed by atoms with Gasteiger partial charge in [0, 0.05) is 26.2 Å². The third-order valence-corrected chi connectivity index (χ3v) is 2.84. The van der Waals surface area contributed by atoms with Gasteiger partial charge in [-0.3, -0.25) is 0 Å². The van der Waals surface area contributed by atoms with E-state index in [1.807, 2.05) is 31.3 Å². The summed E-state index contributed by atoms with van der Waals surface area (Å²) in [6.45, 7) is 0.742. The first-order valence-corrected chi connectivity index (χ1v) is 5.84. The zero-order valence-corrected chi connectivity index (χ0v) is 10.3. The van der Waals surface area contributed by atoms with Gasteiger partial charge in [-0.15, -0.1) is 0 Å². The summed E-state index contributed by atoms with van der Waals surface area (Å²) in [5.41, 5.74) is 1.77. The van der Waals surface area contributed by atoms with E-state index in [-0.39, 0.29) is 0 Å². The van der Waals surface area contributed by atoms with Crippen LogP contribution in [0, 0.1) is 0 Å². The average molecular weight is 234 g/mol. The lowest BCUT2D eigenvalue weighted by Gasteiger charge is -2.12. The van der Waals surface area contributed by atoms with Gasteiger partial charge in [0.2, 0.25) is 0 Å². The van der Waals surface area contributed by atoms with Gasteiger partial charge in [-0.25, -0.2) is 4.98 Å². The number of nitrogens with zero attached hydrogens (tertiary/aromatic N) is 1. The van der Waals surface area contributed by atoms with Crippen molar-refractivity contribution in [1.82, 2.24) is 10.3 Å². The SMILES string of the molecule is CNC(CCOC)Cc1nc2ccccc2o1. The Labute approximate surface area is 101 Å². The molecule has 4 heteroatoms. The van der Waals surface area contributed by atoms with E-state index < -0.39 is 0 Å². The summed E-state index contributed by atoms with van der Waals surface area (Å²) in [6.07, 6.45) is 1.74. The summed E-state index contributed by atoms with van der Waals surface area (Å²) < 4.78 is 10.8. The molecule has 0 saturated heterocycles. The van der Waals surface area contributed by atoms with Gasteiger partial charge in [0.25, 0.3) is 0 Å². The quantitative estimate of drug-likeness (QED) is 0.830. The summed E-state index contributed by atoms with van der Waals surface area (Å²) in [7, 11) is 3.66. The molecule has 0 aliphatic carbocycles. The highest BCUT2D eigenvalue weighted by molar-refractivity contribution is 5.72. The van der Waals surface area contributed by atoms with Gasteiger partial charge in [0.1, 0.15) is 5.52 Å². The minimum absolute atomic E-state index is 0.336. The molecular weight excluding hydrogens is 216 g/mol. The molecule has 0 aliphatic heterocycles. The number of hydrogen-bond acceptors (Lipinski definition) is 4.